The number of rotatable bonds is 7. The Morgan fingerprint density at radius 3 is 1.45 bits per heavy atom. The average Bonchev–Trinajstić information content (AvgIpc) is 3.96. The number of hydrogen-bond acceptors (Lipinski definition) is 3. The van der Waals surface area contributed by atoms with E-state index in [2.05, 4.69) is 235 Å². The molecular weight excluding hydrogens is 791 g/mol. The molecule has 0 N–H and O–H groups in total. The van der Waals surface area contributed by atoms with Crippen molar-refractivity contribution in [2.45, 2.75) is 0 Å². The maximum Gasteiger partial charge on any atom is 0.143 e. The number of fused-ring (bicyclic) bond motifs is 9. The topological polar surface area (TPSA) is 29.5 Å². The Bertz CT molecular complexity index is 3940. The summed E-state index contributed by atoms with van der Waals surface area (Å²) in [6, 6.07) is 84.6. The van der Waals surface area contributed by atoms with E-state index in [1.807, 2.05) is 6.07 Å². The maximum absolute atomic E-state index is 6.91. The van der Waals surface area contributed by atoms with Gasteiger partial charge in [0.25, 0.3) is 0 Å². The van der Waals surface area contributed by atoms with Gasteiger partial charge >= 0.3 is 0 Å². The first kappa shape index (κ1) is 36.9. The summed E-state index contributed by atoms with van der Waals surface area (Å²) < 4.78 is 13.4. The van der Waals surface area contributed by atoms with Gasteiger partial charge in [-0.3, -0.25) is 0 Å². The van der Waals surface area contributed by atoms with E-state index in [0.717, 1.165) is 105 Å². The number of furan rings is 2. The van der Waals surface area contributed by atoms with Crippen LogP contribution in [0.1, 0.15) is 0 Å². The molecule has 0 amide bonds. The van der Waals surface area contributed by atoms with Crippen LogP contribution in [0.15, 0.2) is 245 Å². The fourth-order valence-corrected chi connectivity index (χ4v) is 9.98. The molecule has 0 radical (unpaired) electrons. The second kappa shape index (κ2) is 15.0. The summed E-state index contributed by atoms with van der Waals surface area (Å²) in [5.41, 5.74) is 15.7. The van der Waals surface area contributed by atoms with Gasteiger partial charge in [0, 0.05) is 55.0 Å². The molecule has 0 unspecified atom stereocenters. The highest BCUT2D eigenvalue weighted by molar-refractivity contribution is 6.16. The smallest absolute Gasteiger partial charge is 0.143 e. The lowest BCUT2D eigenvalue weighted by atomic mass is 9.97. The third kappa shape index (κ3) is 6.12. The second-order valence-corrected chi connectivity index (χ2v) is 16.8. The minimum atomic E-state index is 0.882. The first-order valence-corrected chi connectivity index (χ1v) is 22.2. The van der Waals surface area contributed by atoms with Gasteiger partial charge in [0.15, 0.2) is 0 Å². The lowest BCUT2D eigenvalue weighted by Crippen LogP contribution is -2.10. The van der Waals surface area contributed by atoms with Crippen molar-refractivity contribution in [2.75, 3.05) is 4.90 Å². The fourth-order valence-electron chi connectivity index (χ4n) is 9.98. The quantitative estimate of drug-likeness (QED) is 0.150. The largest absolute Gasteiger partial charge is 0.455 e. The van der Waals surface area contributed by atoms with Crippen molar-refractivity contribution in [1.29, 1.82) is 0 Å². The average molecular weight is 830 g/mol. The van der Waals surface area contributed by atoms with Crippen LogP contribution in [0.5, 0.6) is 0 Å². The lowest BCUT2D eigenvalue weighted by Gasteiger charge is -2.28. The number of benzene rings is 11. The molecule has 0 aliphatic carbocycles. The minimum Gasteiger partial charge on any atom is -0.455 e. The van der Waals surface area contributed by atoms with Gasteiger partial charge in [-0.2, -0.15) is 0 Å². The van der Waals surface area contributed by atoms with Gasteiger partial charge in [-0.25, -0.2) is 0 Å². The third-order valence-electron chi connectivity index (χ3n) is 13.1. The van der Waals surface area contributed by atoms with Crippen LogP contribution in [-0.2, 0) is 0 Å². The van der Waals surface area contributed by atoms with Crippen molar-refractivity contribution in [3.05, 3.63) is 237 Å². The van der Waals surface area contributed by atoms with E-state index >= 15 is 0 Å². The van der Waals surface area contributed by atoms with E-state index in [1.54, 1.807) is 0 Å². The van der Waals surface area contributed by atoms with Gasteiger partial charge in [0.2, 0.25) is 0 Å². The van der Waals surface area contributed by atoms with Crippen molar-refractivity contribution in [3.8, 4) is 44.5 Å². The van der Waals surface area contributed by atoms with Crippen molar-refractivity contribution >= 4 is 82.5 Å². The molecule has 11 aromatic carbocycles. The van der Waals surface area contributed by atoms with Crippen LogP contribution in [0.3, 0.4) is 0 Å². The molecule has 3 nitrogen and oxygen atoms in total. The summed E-state index contributed by atoms with van der Waals surface area (Å²) >= 11 is 0. The van der Waals surface area contributed by atoms with E-state index in [0.29, 0.717) is 0 Å². The van der Waals surface area contributed by atoms with Crippen molar-refractivity contribution in [2.24, 2.45) is 0 Å². The molecule has 0 saturated heterocycles. The normalized spacial score (nSPS) is 11.7. The molecule has 0 spiro atoms. The van der Waals surface area contributed by atoms with Crippen LogP contribution < -0.4 is 4.90 Å². The fraction of sp³-hybridized carbons (Fsp3) is 0. The van der Waals surface area contributed by atoms with Crippen molar-refractivity contribution in [1.82, 2.24) is 0 Å². The van der Waals surface area contributed by atoms with Gasteiger partial charge in [-0.15, -0.1) is 0 Å². The molecule has 0 fully saturated rings. The van der Waals surface area contributed by atoms with Gasteiger partial charge in [0.05, 0.1) is 5.69 Å². The van der Waals surface area contributed by atoms with Gasteiger partial charge in [-0.1, -0.05) is 194 Å². The molecule has 13 rings (SSSR count). The Morgan fingerprint density at radius 1 is 0.262 bits per heavy atom. The molecule has 3 heteroatoms. The molecule has 2 aromatic heterocycles. The number of hydrogen-bond donors (Lipinski definition) is 0. The summed E-state index contributed by atoms with van der Waals surface area (Å²) in [6.07, 6.45) is 0. The highest BCUT2D eigenvalue weighted by Gasteiger charge is 2.21. The number of anilines is 3. The Morgan fingerprint density at radius 2 is 0.769 bits per heavy atom. The first-order chi connectivity index (χ1) is 32.2. The van der Waals surface area contributed by atoms with Crippen molar-refractivity contribution < 1.29 is 8.83 Å². The van der Waals surface area contributed by atoms with Crippen LogP contribution in [0, 0.1) is 0 Å². The summed E-state index contributed by atoms with van der Waals surface area (Å²) in [7, 11) is 0. The molecule has 65 heavy (non-hydrogen) atoms. The highest BCUT2D eigenvalue weighted by Crippen LogP contribution is 2.46. The summed E-state index contributed by atoms with van der Waals surface area (Å²) in [4.78, 5) is 2.41. The molecule has 0 bridgehead atoms. The van der Waals surface area contributed by atoms with Gasteiger partial charge in [0.1, 0.15) is 22.3 Å². The van der Waals surface area contributed by atoms with Crippen LogP contribution in [-0.4, -0.2) is 0 Å². The Labute approximate surface area is 375 Å². The Hall–Kier alpha value is -8.66. The van der Waals surface area contributed by atoms with E-state index in [4.69, 9.17) is 8.83 Å². The van der Waals surface area contributed by atoms with E-state index in [9.17, 15) is 0 Å². The summed E-state index contributed by atoms with van der Waals surface area (Å²) in [5, 5.41) is 9.26. The molecular formula is C62H39NO2. The van der Waals surface area contributed by atoms with Gasteiger partial charge in [-0.05, 0) is 86.4 Å². The second-order valence-electron chi connectivity index (χ2n) is 16.8. The third-order valence-corrected chi connectivity index (χ3v) is 13.1. The molecule has 2 heterocycles. The highest BCUT2D eigenvalue weighted by atomic mass is 16.3. The monoisotopic (exact) mass is 829 g/mol. The number of nitrogens with zero attached hydrogens (tertiary/aromatic N) is 1. The lowest BCUT2D eigenvalue weighted by molar-refractivity contribution is 0.670. The van der Waals surface area contributed by atoms with E-state index < -0.39 is 0 Å². The predicted molar refractivity (Wildman–Crippen MR) is 272 cm³/mol. The van der Waals surface area contributed by atoms with Crippen LogP contribution in [0.25, 0.3) is 110 Å². The predicted octanol–water partition coefficient (Wildman–Crippen LogP) is 17.9. The van der Waals surface area contributed by atoms with Crippen molar-refractivity contribution in [3.63, 3.8) is 0 Å². The minimum absolute atomic E-state index is 0.882. The molecule has 0 aliphatic rings. The van der Waals surface area contributed by atoms with Crippen LogP contribution in [0.2, 0.25) is 0 Å². The van der Waals surface area contributed by atoms with Crippen LogP contribution in [0.4, 0.5) is 17.1 Å². The molecule has 0 atom stereocenters. The summed E-state index contributed by atoms with van der Waals surface area (Å²) in [6.45, 7) is 0. The van der Waals surface area contributed by atoms with Crippen LogP contribution >= 0.6 is 0 Å². The van der Waals surface area contributed by atoms with E-state index in [1.165, 1.54) is 21.5 Å². The molecule has 0 saturated carbocycles. The zero-order chi connectivity index (χ0) is 42.8. The zero-order valence-electron chi connectivity index (χ0n) is 35.3. The SMILES string of the molecule is c1ccc(-c2cccc3c2oc2ccc(-c4ccc(N(c5cccc(-c6cccc7c6oc6c(-c8ccccc8)cccc67)c5)c5cc6ccccc6c6ccccc56)cc4)cc23)cc1. The van der Waals surface area contributed by atoms with E-state index in [-0.39, 0.29) is 0 Å². The molecule has 304 valence electrons. The Balaban J connectivity index is 0.956. The molecule has 13 aromatic rings. The summed E-state index contributed by atoms with van der Waals surface area (Å²) in [5.74, 6) is 0. The maximum atomic E-state index is 6.91. The Kier molecular flexibility index (Phi) is 8.53. The standard InChI is InChI=1S/C62H39NO2/c1-3-15-41(16-4-1)49-25-13-30-56-57-38-43(33-36-59(57)64-60(49)56)40-31-34-46(35-32-40)63(58-39-45-19-7-8-22-48(45)52-23-9-10-24-53(52)58)47-21-11-20-44(37-47)51-27-14-29-55-54-28-12-26-50(61(54)65-62(51)55)42-17-5-2-6-18-42/h1-39H. The van der Waals surface area contributed by atoms with Gasteiger partial charge < -0.3 is 13.7 Å². The zero-order valence-corrected chi connectivity index (χ0v) is 35.3. The first-order valence-electron chi connectivity index (χ1n) is 22.2. The number of para-hydroxylation sites is 3. The molecule has 0 aliphatic heterocycles.